The van der Waals surface area contributed by atoms with Gasteiger partial charge in [0.25, 0.3) is 0 Å². The van der Waals surface area contributed by atoms with Crippen LogP contribution in [0, 0.1) is 15.9 Å². The topological polar surface area (TPSA) is 61.0 Å². The lowest BCUT2D eigenvalue weighted by Gasteiger charge is -2.07. The molecule has 94 valence electrons. The molecule has 0 radical (unpaired) electrons. The average molecular weight is 249 g/mol. The van der Waals surface area contributed by atoms with Gasteiger partial charge in [0.05, 0.1) is 11.5 Å². The molecule has 0 saturated carbocycles. The zero-order valence-corrected chi connectivity index (χ0v) is 9.84. The molecule has 1 heterocycles. The Kier molecular flexibility index (Phi) is 3.36. The van der Waals surface area contributed by atoms with Crippen molar-refractivity contribution < 1.29 is 9.31 Å². The van der Waals surface area contributed by atoms with E-state index in [9.17, 15) is 14.5 Å². The molecule has 0 aliphatic heterocycles. The van der Waals surface area contributed by atoms with E-state index in [1.165, 1.54) is 6.07 Å². The Bertz CT molecular complexity index is 580. The Morgan fingerprint density at radius 1 is 1.50 bits per heavy atom. The van der Waals surface area contributed by atoms with E-state index >= 15 is 0 Å². The fourth-order valence-corrected chi connectivity index (χ4v) is 1.81. The van der Waals surface area contributed by atoms with E-state index in [1.54, 1.807) is 23.0 Å². The summed E-state index contributed by atoms with van der Waals surface area (Å²) in [5, 5.41) is 10.6. The second-order valence-corrected chi connectivity index (χ2v) is 3.83. The van der Waals surface area contributed by atoms with Gasteiger partial charge in [-0.05, 0) is 0 Å². The second-order valence-electron chi connectivity index (χ2n) is 3.83. The van der Waals surface area contributed by atoms with Crippen LogP contribution in [0.15, 0.2) is 30.6 Å². The molecule has 2 rings (SSSR count). The Hall–Kier alpha value is -2.24. The highest BCUT2D eigenvalue weighted by Crippen LogP contribution is 2.21. The van der Waals surface area contributed by atoms with Gasteiger partial charge in [0.1, 0.15) is 5.82 Å². The molecule has 18 heavy (non-hydrogen) atoms. The number of aromatic nitrogens is 2. The van der Waals surface area contributed by atoms with Crippen LogP contribution in [-0.2, 0) is 13.0 Å². The van der Waals surface area contributed by atoms with E-state index in [1.807, 2.05) is 6.92 Å². The highest BCUT2D eigenvalue weighted by molar-refractivity contribution is 5.36. The molecular weight excluding hydrogens is 237 g/mol. The number of aryl methyl sites for hydroxylation is 1. The molecule has 2 aromatic rings. The van der Waals surface area contributed by atoms with Crippen LogP contribution >= 0.6 is 0 Å². The number of rotatable bonds is 4. The fraction of sp³-hybridized carbons (Fsp3) is 0.250. The molecule has 0 fully saturated rings. The zero-order valence-electron chi connectivity index (χ0n) is 9.84. The first-order valence-corrected chi connectivity index (χ1v) is 5.55. The Labute approximate surface area is 103 Å². The lowest BCUT2D eigenvalue weighted by molar-refractivity contribution is -0.387. The largest absolute Gasteiger partial charge is 0.330 e. The fourth-order valence-electron chi connectivity index (χ4n) is 1.81. The van der Waals surface area contributed by atoms with Crippen molar-refractivity contribution in [3.63, 3.8) is 0 Å². The lowest BCUT2D eigenvalue weighted by Crippen LogP contribution is -2.06. The maximum Gasteiger partial charge on any atom is 0.305 e. The molecule has 1 aromatic heterocycles. The summed E-state index contributed by atoms with van der Waals surface area (Å²) in [4.78, 5) is 14.1. The van der Waals surface area contributed by atoms with Crippen molar-refractivity contribution in [2.75, 3.05) is 0 Å². The molecule has 1 aromatic carbocycles. The summed E-state index contributed by atoms with van der Waals surface area (Å²) < 4.78 is 15.7. The molecule has 0 aliphatic rings. The molecular formula is C12H12FN3O2. The minimum atomic E-state index is -0.779. The number of hydrogen-bond donors (Lipinski definition) is 0. The standard InChI is InChI=1S/C12H12FN3O2/c1-2-11-14-6-7-15(11)8-9-4-3-5-10(12(9)13)16(17)18/h3-7H,2,8H2,1H3. The maximum absolute atomic E-state index is 13.9. The molecule has 6 heteroatoms. The summed E-state index contributed by atoms with van der Waals surface area (Å²) >= 11 is 0. The molecule has 0 spiro atoms. The van der Waals surface area contributed by atoms with Gasteiger partial charge in [0, 0.05) is 30.4 Å². The summed E-state index contributed by atoms with van der Waals surface area (Å²) in [5.74, 6) is 0.0409. The van der Waals surface area contributed by atoms with Crippen LogP contribution < -0.4 is 0 Å². The molecule has 0 amide bonds. The van der Waals surface area contributed by atoms with E-state index in [2.05, 4.69) is 4.98 Å². The van der Waals surface area contributed by atoms with E-state index in [4.69, 9.17) is 0 Å². The lowest BCUT2D eigenvalue weighted by atomic mass is 10.2. The predicted molar refractivity (Wildman–Crippen MR) is 63.8 cm³/mol. The van der Waals surface area contributed by atoms with Gasteiger partial charge in [-0.15, -0.1) is 0 Å². The Morgan fingerprint density at radius 3 is 2.94 bits per heavy atom. The second kappa shape index (κ2) is 4.95. The normalized spacial score (nSPS) is 10.6. The van der Waals surface area contributed by atoms with Crippen molar-refractivity contribution in [3.8, 4) is 0 Å². The molecule has 0 aliphatic carbocycles. The number of nitro groups is 1. The van der Waals surface area contributed by atoms with Gasteiger partial charge >= 0.3 is 5.69 Å². The van der Waals surface area contributed by atoms with Crippen LogP contribution in [0.2, 0.25) is 0 Å². The van der Waals surface area contributed by atoms with Gasteiger partial charge in [-0.3, -0.25) is 10.1 Å². The zero-order chi connectivity index (χ0) is 13.1. The summed E-state index contributed by atoms with van der Waals surface area (Å²) in [7, 11) is 0. The van der Waals surface area contributed by atoms with Crippen LogP contribution in [-0.4, -0.2) is 14.5 Å². The SMILES string of the molecule is CCc1nccn1Cc1cccc([N+](=O)[O-])c1F. The first-order valence-electron chi connectivity index (χ1n) is 5.55. The van der Waals surface area contributed by atoms with Gasteiger partial charge in [-0.25, -0.2) is 4.98 Å². The van der Waals surface area contributed by atoms with Gasteiger partial charge in [0.15, 0.2) is 0 Å². The summed E-state index contributed by atoms with van der Waals surface area (Å²) in [6.07, 6.45) is 4.09. The van der Waals surface area contributed by atoms with E-state index in [0.29, 0.717) is 0 Å². The average Bonchev–Trinajstić information content (AvgIpc) is 2.78. The van der Waals surface area contributed by atoms with Gasteiger partial charge in [-0.1, -0.05) is 19.1 Å². The van der Waals surface area contributed by atoms with Crippen LogP contribution in [0.3, 0.4) is 0 Å². The summed E-state index contributed by atoms with van der Waals surface area (Å²) in [6.45, 7) is 2.19. The van der Waals surface area contributed by atoms with Crippen molar-refractivity contribution in [2.24, 2.45) is 0 Å². The smallest absolute Gasteiger partial charge is 0.305 e. The highest BCUT2D eigenvalue weighted by atomic mass is 19.1. The summed E-state index contributed by atoms with van der Waals surface area (Å²) in [5.41, 5.74) is -0.206. The number of benzene rings is 1. The van der Waals surface area contributed by atoms with Crippen LogP contribution in [0.25, 0.3) is 0 Å². The van der Waals surface area contributed by atoms with Gasteiger partial charge < -0.3 is 4.57 Å². The maximum atomic E-state index is 13.9. The first kappa shape index (κ1) is 12.2. The summed E-state index contributed by atoms with van der Waals surface area (Å²) in [6, 6.07) is 4.19. The van der Waals surface area contributed by atoms with E-state index in [-0.39, 0.29) is 12.1 Å². The number of halogens is 1. The minimum Gasteiger partial charge on any atom is -0.330 e. The highest BCUT2D eigenvalue weighted by Gasteiger charge is 2.17. The van der Waals surface area contributed by atoms with Crippen LogP contribution in [0.5, 0.6) is 0 Å². The van der Waals surface area contributed by atoms with Crippen molar-refractivity contribution in [1.82, 2.24) is 9.55 Å². The van der Waals surface area contributed by atoms with Crippen LogP contribution in [0.1, 0.15) is 18.3 Å². The number of nitrogens with zero attached hydrogens (tertiary/aromatic N) is 3. The molecule has 5 nitrogen and oxygen atoms in total. The molecule has 0 atom stereocenters. The monoisotopic (exact) mass is 249 g/mol. The van der Waals surface area contributed by atoms with Crippen molar-refractivity contribution in [3.05, 3.63) is 57.9 Å². The van der Waals surface area contributed by atoms with Crippen molar-refractivity contribution in [1.29, 1.82) is 0 Å². The third-order valence-electron chi connectivity index (χ3n) is 2.71. The predicted octanol–water partition coefficient (Wildman–Crippen LogP) is 2.54. The van der Waals surface area contributed by atoms with Crippen molar-refractivity contribution >= 4 is 5.69 Å². The Balaban J connectivity index is 2.35. The number of hydrogen-bond acceptors (Lipinski definition) is 3. The van der Waals surface area contributed by atoms with Gasteiger partial charge in [0.2, 0.25) is 5.82 Å². The van der Waals surface area contributed by atoms with Gasteiger partial charge in [-0.2, -0.15) is 4.39 Å². The quantitative estimate of drug-likeness (QED) is 0.618. The third-order valence-corrected chi connectivity index (χ3v) is 2.71. The third kappa shape index (κ3) is 2.22. The van der Waals surface area contributed by atoms with Crippen molar-refractivity contribution in [2.45, 2.75) is 19.9 Å². The number of nitro benzene ring substituents is 1. The first-order chi connectivity index (χ1) is 8.63. The van der Waals surface area contributed by atoms with Crippen LogP contribution in [0.4, 0.5) is 10.1 Å². The van der Waals surface area contributed by atoms with E-state index < -0.39 is 16.4 Å². The molecule has 0 saturated heterocycles. The Morgan fingerprint density at radius 2 is 2.28 bits per heavy atom. The molecule has 0 unspecified atom stereocenters. The number of imidazole rings is 1. The van der Waals surface area contributed by atoms with E-state index in [0.717, 1.165) is 18.3 Å². The molecule has 0 bridgehead atoms. The minimum absolute atomic E-state index is 0.247. The molecule has 0 N–H and O–H groups in total.